The zero-order valence-corrected chi connectivity index (χ0v) is 17.5. The Balaban J connectivity index is 1.46. The van der Waals surface area contributed by atoms with Crippen LogP contribution in [0.5, 0.6) is 11.6 Å². The second-order valence-electron chi connectivity index (χ2n) is 7.26. The van der Waals surface area contributed by atoms with Gasteiger partial charge < -0.3 is 10.1 Å². The second-order valence-corrected chi connectivity index (χ2v) is 8.97. The fourth-order valence-corrected chi connectivity index (χ4v) is 4.79. The van der Waals surface area contributed by atoms with E-state index in [2.05, 4.69) is 20.0 Å². The van der Waals surface area contributed by atoms with Gasteiger partial charge in [-0.15, -0.1) is 0 Å². The summed E-state index contributed by atoms with van der Waals surface area (Å²) in [5.74, 6) is 0.392. The minimum absolute atomic E-state index is 0.0421. The average molecular weight is 439 g/mol. The topological polar surface area (TPSA) is 110 Å². The molecule has 0 atom stereocenters. The Morgan fingerprint density at radius 3 is 2.61 bits per heavy atom. The van der Waals surface area contributed by atoms with Crippen molar-refractivity contribution < 1.29 is 17.9 Å². The summed E-state index contributed by atoms with van der Waals surface area (Å²) in [6.07, 6.45) is 8.27. The third-order valence-electron chi connectivity index (χ3n) is 4.94. The molecule has 1 aliphatic carbocycles. The van der Waals surface area contributed by atoms with Crippen molar-refractivity contribution in [2.45, 2.75) is 36.6 Å². The number of hydrogen-bond acceptors (Lipinski definition) is 6. The summed E-state index contributed by atoms with van der Waals surface area (Å²) < 4.78 is 33.7. The Kier molecular flexibility index (Phi) is 6.24. The quantitative estimate of drug-likeness (QED) is 0.581. The number of hydrogen-bond donors (Lipinski definition) is 2. The lowest BCUT2D eigenvalue weighted by Gasteiger charge is -2.13. The summed E-state index contributed by atoms with van der Waals surface area (Å²) in [4.78, 5) is 20.8. The average Bonchev–Trinajstić information content (AvgIpc) is 3.27. The van der Waals surface area contributed by atoms with Crippen molar-refractivity contribution in [3.8, 4) is 11.6 Å². The van der Waals surface area contributed by atoms with E-state index in [1.54, 1.807) is 42.6 Å². The van der Waals surface area contributed by atoms with Crippen LogP contribution in [0.3, 0.4) is 0 Å². The first-order valence-electron chi connectivity index (χ1n) is 9.97. The van der Waals surface area contributed by atoms with Gasteiger partial charge in [0.1, 0.15) is 5.75 Å². The molecule has 3 aromatic rings. The molecular formula is C22H22N4O4S. The number of rotatable bonds is 7. The molecule has 1 aliphatic rings. The van der Waals surface area contributed by atoms with Crippen LogP contribution >= 0.6 is 0 Å². The number of anilines is 1. The number of nitrogens with one attached hydrogen (secondary N) is 2. The van der Waals surface area contributed by atoms with Gasteiger partial charge in [-0.1, -0.05) is 25.0 Å². The molecule has 31 heavy (non-hydrogen) atoms. The number of carbonyl (C=O) groups is 1. The van der Waals surface area contributed by atoms with Crippen molar-refractivity contribution in [1.82, 2.24) is 14.7 Å². The lowest BCUT2D eigenvalue weighted by atomic mass is 10.2. The molecule has 9 heteroatoms. The number of carbonyl (C=O) groups excluding carboxylic acids is 1. The zero-order chi connectivity index (χ0) is 21.7. The Labute approximate surface area is 180 Å². The minimum atomic E-state index is -3.68. The van der Waals surface area contributed by atoms with E-state index in [1.807, 2.05) is 0 Å². The third-order valence-corrected chi connectivity index (χ3v) is 6.46. The van der Waals surface area contributed by atoms with Crippen molar-refractivity contribution >= 4 is 21.6 Å². The first-order chi connectivity index (χ1) is 15.0. The number of ether oxygens (including phenoxy) is 1. The molecule has 2 aromatic carbocycles. The molecule has 4 rings (SSSR count). The van der Waals surface area contributed by atoms with Gasteiger partial charge in [-0.05, 0) is 43.2 Å². The smallest absolute Gasteiger partial charge is 0.255 e. The van der Waals surface area contributed by atoms with Gasteiger partial charge in [-0.2, -0.15) is 0 Å². The highest BCUT2D eigenvalue weighted by atomic mass is 32.2. The van der Waals surface area contributed by atoms with E-state index >= 15 is 0 Å². The predicted molar refractivity (Wildman–Crippen MR) is 116 cm³/mol. The van der Waals surface area contributed by atoms with Gasteiger partial charge in [-0.25, -0.2) is 18.1 Å². The van der Waals surface area contributed by atoms with E-state index in [1.165, 1.54) is 24.5 Å². The van der Waals surface area contributed by atoms with E-state index in [0.717, 1.165) is 25.7 Å². The molecule has 1 heterocycles. The molecule has 0 unspecified atom stereocenters. The van der Waals surface area contributed by atoms with Gasteiger partial charge in [0.15, 0.2) is 0 Å². The van der Waals surface area contributed by atoms with Crippen LogP contribution in [0.15, 0.2) is 72.0 Å². The van der Waals surface area contributed by atoms with E-state index in [-0.39, 0.29) is 16.5 Å². The van der Waals surface area contributed by atoms with Crippen LogP contribution in [0.1, 0.15) is 36.0 Å². The lowest BCUT2D eigenvalue weighted by molar-refractivity contribution is 0.102. The van der Waals surface area contributed by atoms with E-state index < -0.39 is 15.9 Å². The minimum Gasteiger partial charge on any atom is -0.437 e. The van der Waals surface area contributed by atoms with Gasteiger partial charge in [-0.3, -0.25) is 9.78 Å². The number of amides is 1. The first-order valence-corrected chi connectivity index (χ1v) is 11.5. The van der Waals surface area contributed by atoms with Gasteiger partial charge in [0.25, 0.3) is 5.91 Å². The van der Waals surface area contributed by atoms with E-state index in [9.17, 15) is 13.2 Å². The molecule has 1 saturated carbocycles. The summed E-state index contributed by atoms with van der Waals surface area (Å²) in [7, 11) is -3.68. The summed E-state index contributed by atoms with van der Waals surface area (Å²) in [6.45, 7) is 0. The molecule has 160 valence electrons. The SMILES string of the molecule is O=C(Nc1cccc(Oc2cnccn2)c1)c1cccc(S(=O)(=O)NC2CCCC2)c1. The van der Waals surface area contributed by atoms with Gasteiger partial charge in [0.05, 0.1) is 11.1 Å². The van der Waals surface area contributed by atoms with Crippen molar-refractivity contribution in [2.24, 2.45) is 0 Å². The maximum Gasteiger partial charge on any atom is 0.255 e. The van der Waals surface area contributed by atoms with Gasteiger partial charge in [0.2, 0.25) is 15.9 Å². The molecule has 1 fully saturated rings. The highest BCUT2D eigenvalue weighted by Crippen LogP contribution is 2.23. The molecule has 0 spiro atoms. The largest absolute Gasteiger partial charge is 0.437 e. The standard InChI is InChI=1S/C22H22N4O4S/c27-22(25-18-8-4-9-19(14-18)30-21-15-23-11-12-24-21)16-5-3-10-20(13-16)31(28,29)26-17-6-1-2-7-17/h3-5,8-15,17,26H,1-2,6-7H2,(H,25,27). The molecule has 0 aliphatic heterocycles. The molecule has 1 amide bonds. The highest BCUT2D eigenvalue weighted by Gasteiger charge is 2.23. The fourth-order valence-electron chi connectivity index (χ4n) is 3.44. The zero-order valence-electron chi connectivity index (χ0n) is 16.7. The summed E-state index contributed by atoms with van der Waals surface area (Å²) >= 11 is 0. The molecule has 1 aromatic heterocycles. The Morgan fingerprint density at radius 2 is 1.84 bits per heavy atom. The van der Waals surface area contributed by atoms with Crippen LogP contribution in [0, 0.1) is 0 Å². The van der Waals surface area contributed by atoms with E-state index in [4.69, 9.17) is 4.74 Å². The number of sulfonamides is 1. The second kappa shape index (κ2) is 9.23. The summed E-state index contributed by atoms with van der Waals surface area (Å²) in [5.41, 5.74) is 0.748. The van der Waals surface area contributed by atoms with Crippen LogP contribution in [0.2, 0.25) is 0 Å². The lowest BCUT2D eigenvalue weighted by Crippen LogP contribution is -2.32. The van der Waals surface area contributed by atoms with Crippen LogP contribution in [-0.4, -0.2) is 30.3 Å². The third kappa shape index (κ3) is 5.44. The molecular weight excluding hydrogens is 416 g/mol. The van der Waals surface area contributed by atoms with Crippen LogP contribution < -0.4 is 14.8 Å². The normalized spacial score (nSPS) is 14.3. The molecule has 2 N–H and O–H groups in total. The van der Waals surface area contributed by atoms with Gasteiger partial charge in [0, 0.05) is 35.8 Å². The van der Waals surface area contributed by atoms with Crippen molar-refractivity contribution in [1.29, 1.82) is 0 Å². The summed E-state index contributed by atoms with van der Waals surface area (Å²) in [6, 6.07) is 12.8. The monoisotopic (exact) mass is 438 g/mol. The van der Waals surface area contributed by atoms with Crippen LogP contribution in [0.4, 0.5) is 5.69 Å². The molecule has 8 nitrogen and oxygen atoms in total. The maximum absolute atomic E-state index is 12.7. The van der Waals surface area contributed by atoms with Crippen molar-refractivity contribution in [3.63, 3.8) is 0 Å². The number of aromatic nitrogens is 2. The Hall–Kier alpha value is -3.30. The first kappa shape index (κ1) is 21.0. The van der Waals surface area contributed by atoms with Crippen molar-refractivity contribution in [2.75, 3.05) is 5.32 Å². The number of benzene rings is 2. The maximum atomic E-state index is 12.7. The van der Waals surface area contributed by atoms with Crippen LogP contribution in [0.25, 0.3) is 0 Å². The Bertz CT molecular complexity index is 1160. The summed E-state index contributed by atoms with van der Waals surface area (Å²) in [5, 5.41) is 2.77. The molecule has 0 bridgehead atoms. The molecule has 0 saturated heterocycles. The predicted octanol–water partition coefficient (Wildman–Crippen LogP) is 3.74. The number of nitrogens with zero attached hydrogens (tertiary/aromatic N) is 2. The molecule has 0 radical (unpaired) electrons. The van der Waals surface area contributed by atoms with Crippen LogP contribution in [-0.2, 0) is 10.0 Å². The van der Waals surface area contributed by atoms with Gasteiger partial charge >= 0.3 is 0 Å². The fraction of sp³-hybridized carbons (Fsp3) is 0.227. The highest BCUT2D eigenvalue weighted by molar-refractivity contribution is 7.89. The van der Waals surface area contributed by atoms with Crippen molar-refractivity contribution in [3.05, 3.63) is 72.7 Å². The Morgan fingerprint density at radius 1 is 1.03 bits per heavy atom. The van der Waals surface area contributed by atoms with E-state index in [0.29, 0.717) is 17.3 Å².